The number of pyridine rings is 1. The summed E-state index contributed by atoms with van der Waals surface area (Å²) >= 11 is 5.61. The molecular formula is C18H18ClNO. The van der Waals surface area contributed by atoms with Crippen molar-refractivity contribution in [1.82, 2.24) is 4.98 Å². The zero-order chi connectivity index (χ0) is 14.9. The summed E-state index contributed by atoms with van der Waals surface area (Å²) in [6.07, 6.45) is 5.19. The first-order valence-corrected chi connectivity index (χ1v) is 7.50. The van der Waals surface area contributed by atoms with Crippen LogP contribution in [0.1, 0.15) is 23.1 Å². The zero-order valence-electron chi connectivity index (χ0n) is 12.1. The monoisotopic (exact) mass is 299 g/mol. The number of alkyl halides is 1. The molecule has 108 valence electrons. The number of nitrogens with zero attached hydrogens (tertiary/aromatic N) is 1. The largest absolute Gasteiger partial charge is 0.493 e. The third kappa shape index (κ3) is 5.13. The normalized spacial score (nSPS) is 9.81. The van der Waals surface area contributed by atoms with E-state index in [1.165, 1.54) is 5.56 Å². The van der Waals surface area contributed by atoms with Crippen LogP contribution >= 0.6 is 11.6 Å². The SMILES string of the molecule is Cc1cc(OCCc2ccncc2)ccc1C#CCCCl. The van der Waals surface area contributed by atoms with Gasteiger partial charge in [0.25, 0.3) is 0 Å². The predicted molar refractivity (Wildman–Crippen MR) is 86.8 cm³/mol. The van der Waals surface area contributed by atoms with Crippen molar-refractivity contribution < 1.29 is 4.74 Å². The Morgan fingerprint density at radius 2 is 2.00 bits per heavy atom. The molecule has 0 radical (unpaired) electrons. The Hall–Kier alpha value is -1.98. The minimum absolute atomic E-state index is 0.572. The van der Waals surface area contributed by atoms with Gasteiger partial charge in [0, 0.05) is 36.7 Å². The van der Waals surface area contributed by atoms with Crippen LogP contribution in [0.2, 0.25) is 0 Å². The molecule has 1 heterocycles. The molecule has 0 fully saturated rings. The van der Waals surface area contributed by atoms with Gasteiger partial charge in [0.05, 0.1) is 6.61 Å². The summed E-state index contributed by atoms with van der Waals surface area (Å²) in [5.41, 5.74) is 3.38. The van der Waals surface area contributed by atoms with Crippen LogP contribution in [0.5, 0.6) is 5.75 Å². The fourth-order valence-electron chi connectivity index (χ4n) is 1.91. The van der Waals surface area contributed by atoms with Crippen LogP contribution < -0.4 is 4.74 Å². The third-order valence-corrected chi connectivity index (χ3v) is 3.24. The highest BCUT2D eigenvalue weighted by Gasteiger charge is 1.99. The van der Waals surface area contributed by atoms with Crippen LogP contribution in [0.15, 0.2) is 42.7 Å². The fraction of sp³-hybridized carbons (Fsp3) is 0.278. The number of halogens is 1. The van der Waals surface area contributed by atoms with E-state index in [1.54, 1.807) is 12.4 Å². The molecule has 2 rings (SSSR count). The van der Waals surface area contributed by atoms with Crippen molar-refractivity contribution in [2.45, 2.75) is 19.8 Å². The standard InChI is InChI=1S/C18H18ClNO/c1-15-14-18(6-5-17(15)4-2-3-10-19)21-13-9-16-7-11-20-12-8-16/h5-8,11-12,14H,3,9-10,13H2,1H3. The van der Waals surface area contributed by atoms with Gasteiger partial charge in [-0.1, -0.05) is 11.8 Å². The van der Waals surface area contributed by atoms with Gasteiger partial charge in [0.2, 0.25) is 0 Å². The average Bonchev–Trinajstić information content (AvgIpc) is 2.51. The molecule has 0 saturated heterocycles. The highest BCUT2D eigenvalue weighted by molar-refractivity contribution is 6.18. The van der Waals surface area contributed by atoms with Crippen molar-refractivity contribution in [3.05, 3.63) is 59.4 Å². The van der Waals surface area contributed by atoms with Crippen molar-refractivity contribution in [2.75, 3.05) is 12.5 Å². The molecule has 3 heteroatoms. The molecule has 0 aliphatic heterocycles. The number of aryl methyl sites for hydroxylation is 1. The van der Waals surface area contributed by atoms with E-state index in [4.69, 9.17) is 16.3 Å². The average molecular weight is 300 g/mol. The Morgan fingerprint density at radius 1 is 1.19 bits per heavy atom. The van der Waals surface area contributed by atoms with Gasteiger partial charge in [-0.15, -0.1) is 11.6 Å². The number of ether oxygens (including phenoxy) is 1. The molecule has 21 heavy (non-hydrogen) atoms. The lowest BCUT2D eigenvalue weighted by Crippen LogP contribution is -2.01. The summed E-state index contributed by atoms with van der Waals surface area (Å²) in [7, 11) is 0. The van der Waals surface area contributed by atoms with E-state index in [0.717, 1.165) is 23.3 Å². The fourth-order valence-corrected chi connectivity index (χ4v) is 2.00. The van der Waals surface area contributed by atoms with Crippen LogP contribution in [0.25, 0.3) is 0 Å². The van der Waals surface area contributed by atoms with Crippen LogP contribution in [-0.4, -0.2) is 17.5 Å². The van der Waals surface area contributed by atoms with Gasteiger partial charge in [-0.05, 0) is 48.4 Å². The smallest absolute Gasteiger partial charge is 0.119 e. The quantitative estimate of drug-likeness (QED) is 0.615. The number of benzene rings is 1. The molecule has 0 saturated carbocycles. The van der Waals surface area contributed by atoms with Gasteiger partial charge < -0.3 is 4.74 Å². The summed E-state index contributed by atoms with van der Waals surface area (Å²) in [6.45, 7) is 2.70. The maximum absolute atomic E-state index is 5.78. The van der Waals surface area contributed by atoms with Gasteiger partial charge in [0.15, 0.2) is 0 Å². The van der Waals surface area contributed by atoms with E-state index < -0.39 is 0 Å². The van der Waals surface area contributed by atoms with Crippen molar-refractivity contribution in [3.63, 3.8) is 0 Å². The number of rotatable bonds is 5. The van der Waals surface area contributed by atoms with Crippen LogP contribution in [-0.2, 0) is 6.42 Å². The Bertz CT molecular complexity index is 629. The Labute approximate surface area is 131 Å². The molecule has 0 aliphatic carbocycles. The summed E-state index contributed by atoms with van der Waals surface area (Å²) < 4.78 is 5.78. The van der Waals surface area contributed by atoms with Crippen molar-refractivity contribution in [1.29, 1.82) is 0 Å². The van der Waals surface area contributed by atoms with Crippen LogP contribution in [0, 0.1) is 18.8 Å². The first kappa shape index (κ1) is 15.4. The minimum Gasteiger partial charge on any atom is -0.493 e. The van der Waals surface area contributed by atoms with Crippen molar-refractivity contribution in [3.8, 4) is 17.6 Å². The van der Waals surface area contributed by atoms with Gasteiger partial charge in [-0.3, -0.25) is 4.98 Å². The maximum atomic E-state index is 5.78. The lowest BCUT2D eigenvalue weighted by atomic mass is 10.1. The molecule has 0 N–H and O–H groups in total. The Kier molecular flexibility index (Phi) is 6.12. The van der Waals surface area contributed by atoms with Crippen LogP contribution in [0.4, 0.5) is 0 Å². The molecule has 1 aromatic heterocycles. The highest BCUT2D eigenvalue weighted by Crippen LogP contribution is 2.17. The first-order valence-electron chi connectivity index (χ1n) is 6.97. The number of hydrogen-bond acceptors (Lipinski definition) is 2. The molecule has 0 aliphatic rings. The second kappa shape index (κ2) is 8.34. The third-order valence-electron chi connectivity index (χ3n) is 3.05. The van der Waals surface area contributed by atoms with Gasteiger partial charge >= 0.3 is 0 Å². The van der Waals surface area contributed by atoms with Crippen molar-refractivity contribution in [2.24, 2.45) is 0 Å². The molecule has 2 nitrogen and oxygen atoms in total. The molecule has 2 aromatic rings. The molecule has 0 bridgehead atoms. The van der Waals surface area contributed by atoms with E-state index in [2.05, 4.69) is 16.8 Å². The molecule has 0 spiro atoms. The van der Waals surface area contributed by atoms with Crippen LogP contribution in [0.3, 0.4) is 0 Å². The highest BCUT2D eigenvalue weighted by atomic mass is 35.5. The van der Waals surface area contributed by atoms with E-state index in [9.17, 15) is 0 Å². The molecular weight excluding hydrogens is 282 g/mol. The second-order valence-corrected chi connectivity index (χ2v) is 5.05. The van der Waals surface area contributed by atoms with E-state index >= 15 is 0 Å². The molecule has 0 atom stereocenters. The Morgan fingerprint density at radius 3 is 2.71 bits per heavy atom. The molecule has 0 amide bonds. The lowest BCUT2D eigenvalue weighted by molar-refractivity contribution is 0.321. The first-order chi connectivity index (χ1) is 10.3. The van der Waals surface area contributed by atoms with Gasteiger partial charge in [-0.25, -0.2) is 0 Å². The maximum Gasteiger partial charge on any atom is 0.119 e. The summed E-state index contributed by atoms with van der Waals surface area (Å²) in [5.74, 6) is 7.62. The summed E-state index contributed by atoms with van der Waals surface area (Å²) in [5, 5.41) is 0. The Balaban J connectivity index is 1.90. The number of hydrogen-bond donors (Lipinski definition) is 0. The van der Waals surface area contributed by atoms with Gasteiger partial charge in [0.1, 0.15) is 5.75 Å². The molecule has 0 unspecified atom stereocenters. The molecule has 1 aromatic carbocycles. The summed E-state index contributed by atoms with van der Waals surface area (Å²) in [6, 6.07) is 9.99. The predicted octanol–water partition coefficient (Wildman–Crippen LogP) is 3.99. The van der Waals surface area contributed by atoms with Gasteiger partial charge in [-0.2, -0.15) is 0 Å². The number of aromatic nitrogens is 1. The topological polar surface area (TPSA) is 22.1 Å². The minimum atomic E-state index is 0.572. The second-order valence-electron chi connectivity index (χ2n) is 4.67. The lowest BCUT2D eigenvalue weighted by Gasteiger charge is -2.08. The van der Waals surface area contributed by atoms with E-state index in [1.807, 2.05) is 37.3 Å². The van der Waals surface area contributed by atoms with E-state index in [-0.39, 0.29) is 0 Å². The zero-order valence-corrected chi connectivity index (χ0v) is 12.9. The van der Waals surface area contributed by atoms with Crippen molar-refractivity contribution >= 4 is 11.6 Å². The van der Waals surface area contributed by atoms with E-state index in [0.29, 0.717) is 18.9 Å². The summed E-state index contributed by atoms with van der Waals surface area (Å²) in [4.78, 5) is 4.00.